The van der Waals surface area contributed by atoms with Crippen LogP contribution in [-0.4, -0.2) is 61.0 Å². The summed E-state index contributed by atoms with van der Waals surface area (Å²) < 4.78 is 13.3. The average Bonchev–Trinajstić information content (AvgIpc) is 3.15. The van der Waals surface area contributed by atoms with Gasteiger partial charge in [0.2, 0.25) is 0 Å². The summed E-state index contributed by atoms with van der Waals surface area (Å²) in [5, 5.41) is 11.2. The SMILES string of the molecule is CCNC(=NCC(c1cnn(C)c1)N(C)C)NC(C)c1ccc(OCC)c(OCC)c1. The first kappa shape index (κ1) is 24.5. The van der Waals surface area contributed by atoms with Crippen LogP contribution in [0.2, 0.25) is 0 Å². The van der Waals surface area contributed by atoms with Gasteiger partial charge in [0, 0.05) is 25.4 Å². The minimum atomic E-state index is 0.0453. The van der Waals surface area contributed by atoms with Crippen LogP contribution in [0.25, 0.3) is 0 Å². The van der Waals surface area contributed by atoms with E-state index in [4.69, 9.17) is 14.5 Å². The third kappa shape index (κ3) is 7.17. The van der Waals surface area contributed by atoms with Crippen LogP contribution < -0.4 is 20.1 Å². The fourth-order valence-corrected chi connectivity index (χ4v) is 3.30. The van der Waals surface area contributed by atoms with E-state index in [1.807, 2.05) is 50.1 Å². The van der Waals surface area contributed by atoms with E-state index >= 15 is 0 Å². The highest BCUT2D eigenvalue weighted by atomic mass is 16.5. The van der Waals surface area contributed by atoms with Crippen LogP contribution in [0.4, 0.5) is 0 Å². The second kappa shape index (κ2) is 12.2. The quantitative estimate of drug-likeness (QED) is 0.421. The molecule has 2 atom stereocenters. The zero-order valence-electron chi connectivity index (χ0n) is 20.0. The topological polar surface area (TPSA) is 75.9 Å². The summed E-state index contributed by atoms with van der Waals surface area (Å²) in [6.45, 7) is 10.7. The van der Waals surface area contributed by atoms with E-state index in [9.17, 15) is 0 Å². The van der Waals surface area contributed by atoms with Gasteiger partial charge in [-0.15, -0.1) is 0 Å². The van der Waals surface area contributed by atoms with Crippen LogP contribution >= 0.6 is 0 Å². The maximum Gasteiger partial charge on any atom is 0.191 e. The van der Waals surface area contributed by atoms with Gasteiger partial charge in [-0.2, -0.15) is 5.10 Å². The minimum absolute atomic E-state index is 0.0453. The third-order valence-corrected chi connectivity index (χ3v) is 4.92. The van der Waals surface area contributed by atoms with Crippen LogP contribution in [0.5, 0.6) is 11.5 Å². The van der Waals surface area contributed by atoms with Gasteiger partial charge in [-0.1, -0.05) is 6.07 Å². The van der Waals surface area contributed by atoms with Gasteiger partial charge in [0.15, 0.2) is 17.5 Å². The standard InChI is InChI=1S/C23H38N6O2/c1-8-24-23(25-15-20(28(5)6)19-14-26-29(7)16-19)27-17(4)18-11-12-21(30-9-2)22(13-18)31-10-3/h11-14,16-17,20H,8-10,15H2,1-7H3,(H2,24,25,27). The molecule has 0 saturated carbocycles. The second-order valence-corrected chi connectivity index (χ2v) is 7.58. The largest absolute Gasteiger partial charge is 0.490 e. The zero-order chi connectivity index (χ0) is 22.8. The summed E-state index contributed by atoms with van der Waals surface area (Å²) in [6, 6.07) is 6.26. The van der Waals surface area contributed by atoms with Crippen molar-refractivity contribution in [1.82, 2.24) is 25.3 Å². The van der Waals surface area contributed by atoms with Crippen molar-refractivity contribution >= 4 is 5.96 Å². The Hall–Kier alpha value is -2.74. The van der Waals surface area contributed by atoms with Gasteiger partial charge in [0.05, 0.1) is 38.0 Å². The molecule has 0 aliphatic heterocycles. The Morgan fingerprint density at radius 1 is 1.13 bits per heavy atom. The number of hydrogen-bond acceptors (Lipinski definition) is 5. The van der Waals surface area contributed by atoms with Gasteiger partial charge >= 0.3 is 0 Å². The van der Waals surface area contributed by atoms with Crippen molar-refractivity contribution in [3.63, 3.8) is 0 Å². The Bertz CT molecular complexity index is 833. The van der Waals surface area contributed by atoms with Crippen molar-refractivity contribution < 1.29 is 9.47 Å². The van der Waals surface area contributed by atoms with E-state index in [0.717, 1.165) is 35.1 Å². The first-order valence-electron chi connectivity index (χ1n) is 11.0. The van der Waals surface area contributed by atoms with Crippen LogP contribution in [0.1, 0.15) is 50.9 Å². The number of guanidine groups is 1. The number of ether oxygens (including phenoxy) is 2. The van der Waals surface area contributed by atoms with Crippen molar-refractivity contribution in [2.24, 2.45) is 12.0 Å². The van der Waals surface area contributed by atoms with E-state index in [2.05, 4.69) is 54.6 Å². The number of rotatable bonds is 11. The fraction of sp³-hybridized carbons (Fsp3) is 0.565. The lowest BCUT2D eigenvalue weighted by Gasteiger charge is -2.23. The molecule has 8 heteroatoms. The molecular formula is C23H38N6O2. The molecule has 8 nitrogen and oxygen atoms in total. The third-order valence-electron chi connectivity index (χ3n) is 4.92. The zero-order valence-corrected chi connectivity index (χ0v) is 20.0. The molecular weight excluding hydrogens is 392 g/mol. The Labute approximate surface area is 186 Å². The maximum absolute atomic E-state index is 5.78. The monoisotopic (exact) mass is 430 g/mol. The number of hydrogen-bond donors (Lipinski definition) is 2. The Morgan fingerprint density at radius 2 is 1.84 bits per heavy atom. The molecule has 0 spiro atoms. The summed E-state index contributed by atoms with van der Waals surface area (Å²) in [6.07, 6.45) is 3.94. The van der Waals surface area contributed by atoms with Gasteiger partial charge < -0.3 is 25.0 Å². The first-order valence-corrected chi connectivity index (χ1v) is 11.0. The summed E-state index contributed by atoms with van der Waals surface area (Å²) in [7, 11) is 6.05. The molecule has 0 amide bonds. The molecule has 2 unspecified atom stereocenters. The molecule has 0 bridgehead atoms. The van der Waals surface area contributed by atoms with Crippen LogP contribution in [0, 0.1) is 0 Å². The molecule has 0 radical (unpaired) electrons. The molecule has 31 heavy (non-hydrogen) atoms. The molecule has 1 heterocycles. The van der Waals surface area contributed by atoms with Gasteiger partial charge in [-0.3, -0.25) is 9.67 Å². The maximum atomic E-state index is 5.78. The summed E-state index contributed by atoms with van der Waals surface area (Å²) in [5.41, 5.74) is 2.25. The number of likely N-dealkylation sites (N-methyl/N-ethyl adjacent to an activating group) is 1. The summed E-state index contributed by atoms with van der Waals surface area (Å²) in [5.74, 6) is 2.31. The first-order chi connectivity index (χ1) is 14.9. The second-order valence-electron chi connectivity index (χ2n) is 7.58. The molecule has 0 fully saturated rings. The number of aliphatic imine (C=N–C) groups is 1. The predicted molar refractivity (Wildman–Crippen MR) is 126 cm³/mol. The lowest BCUT2D eigenvalue weighted by Crippen LogP contribution is -2.39. The van der Waals surface area contributed by atoms with Crippen molar-refractivity contribution in [1.29, 1.82) is 0 Å². The molecule has 0 aliphatic carbocycles. The number of benzene rings is 1. The molecule has 172 valence electrons. The molecule has 0 saturated heterocycles. The minimum Gasteiger partial charge on any atom is -0.490 e. The van der Waals surface area contributed by atoms with Crippen LogP contribution in [0.3, 0.4) is 0 Å². The van der Waals surface area contributed by atoms with Crippen LogP contribution in [0.15, 0.2) is 35.6 Å². The molecule has 0 aliphatic rings. The number of nitrogens with zero attached hydrogens (tertiary/aromatic N) is 4. The highest BCUT2D eigenvalue weighted by Crippen LogP contribution is 2.30. The fourth-order valence-electron chi connectivity index (χ4n) is 3.30. The number of nitrogens with one attached hydrogen (secondary N) is 2. The van der Waals surface area contributed by atoms with Crippen LogP contribution in [-0.2, 0) is 7.05 Å². The predicted octanol–water partition coefficient (Wildman–Crippen LogP) is 3.14. The van der Waals surface area contributed by atoms with Gasteiger partial charge in [0.1, 0.15) is 0 Å². The van der Waals surface area contributed by atoms with Crippen molar-refractivity contribution in [3.8, 4) is 11.5 Å². The van der Waals surface area contributed by atoms with E-state index in [1.165, 1.54) is 0 Å². The average molecular weight is 431 g/mol. The van der Waals surface area contributed by atoms with E-state index in [0.29, 0.717) is 19.8 Å². The normalized spacial score (nSPS) is 13.7. The van der Waals surface area contributed by atoms with Gasteiger partial charge in [-0.05, 0) is 59.5 Å². The molecule has 1 aromatic carbocycles. The Kier molecular flexibility index (Phi) is 9.65. The van der Waals surface area contributed by atoms with Gasteiger partial charge in [-0.25, -0.2) is 0 Å². The highest BCUT2D eigenvalue weighted by molar-refractivity contribution is 5.80. The smallest absolute Gasteiger partial charge is 0.191 e. The molecule has 2 rings (SSSR count). The Balaban J connectivity index is 2.16. The van der Waals surface area contributed by atoms with Crippen molar-refractivity contribution in [2.75, 3.05) is 40.4 Å². The summed E-state index contributed by atoms with van der Waals surface area (Å²) in [4.78, 5) is 7.01. The molecule has 2 aromatic rings. The van der Waals surface area contributed by atoms with E-state index in [-0.39, 0.29) is 12.1 Å². The number of aryl methyl sites for hydroxylation is 1. The lowest BCUT2D eigenvalue weighted by atomic mass is 10.1. The number of aromatic nitrogens is 2. The Morgan fingerprint density at radius 3 is 2.42 bits per heavy atom. The van der Waals surface area contributed by atoms with Crippen molar-refractivity contribution in [3.05, 3.63) is 41.7 Å². The van der Waals surface area contributed by atoms with E-state index < -0.39 is 0 Å². The van der Waals surface area contributed by atoms with Crippen molar-refractivity contribution in [2.45, 2.75) is 39.8 Å². The lowest BCUT2D eigenvalue weighted by molar-refractivity contribution is 0.287. The molecule has 1 aromatic heterocycles. The highest BCUT2D eigenvalue weighted by Gasteiger charge is 2.17. The molecule has 2 N–H and O–H groups in total. The van der Waals surface area contributed by atoms with E-state index in [1.54, 1.807) is 0 Å². The summed E-state index contributed by atoms with van der Waals surface area (Å²) >= 11 is 0. The van der Waals surface area contributed by atoms with Gasteiger partial charge in [0.25, 0.3) is 0 Å².